The average Bonchev–Trinajstić information content (AvgIpc) is 2.15. The molecule has 0 spiro atoms. The average molecular weight is 216 g/mol. The van der Waals surface area contributed by atoms with Crippen LogP contribution in [0.5, 0.6) is 5.88 Å². The third-order valence-electron chi connectivity index (χ3n) is 1.72. The molecule has 15 heavy (non-hydrogen) atoms. The second-order valence-electron chi connectivity index (χ2n) is 2.81. The van der Waals surface area contributed by atoms with E-state index in [2.05, 4.69) is 9.72 Å². The molecule has 0 saturated carbocycles. The standard InChI is InChI=1S/C9H7F3N2O/c1-5-3-7(9(10,11)12)6(4-13)8(14-5)15-2/h3H,1-2H3. The summed E-state index contributed by atoms with van der Waals surface area (Å²) in [6.07, 6.45) is -4.58. The van der Waals surface area contributed by atoms with E-state index in [9.17, 15) is 13.2 Å². The molecule has 0 bridgehead atoms. The number of methoxy groups -OCH3 is 1. The quantitative estimate of drug-likeness (QED) is 0.723. The lowest BCUT2D eigenvalue weighted by Crippen LogP contribution is -2.10. The smallest absolute Gasteiger partial charge is 0.417 e. The van der Waals surface area contributed by atoms with Crippen LogP contribution in [-0.2, 0) is 6.18 Å². The fraction of sp³-hybridized carbons (Fsp3) is 0.333. The molecule has 0 fully saturated rings. The predicted octanol–water partition coefficient (Wildman–Crippen LogP) is 2.29. The van der Waals surface area contributed by atoms with Gasteiger partial charge in [-0.25, -0.2) is 4.98 Å². The van der Waals surface area contributed by atoms with E-state index in [-0.39, 0.29) is 11.6 Å². The molecule has 0 unspecified atom stereocenters. The fourth-order valence-corrected chi connectivity index (χ4v) is 1.12. The lowest BCUT2D eigenvalue weighted by Gasteiger charge is -2.11. The molecule has 80 valence electrons. The Morgan fingerprint density at radius 3 is 2.47 bits per heavy atom. The summed E-state index contributed by atoms with van der Waals surface area (Å²) in [5.74, 6) is -0.301. The zero-order valence-electron chi connectivity index (χ0n) is 8.01. The summed E-state index contributed by atoms with van der Waals surface area (Å²) in [5, 5.41) is 8.61. The summed E-state index contributed by atoms with van der Waals surface area (Å²) in [6.45, 7) is 1.40. The van der Waals surface area contributed by atoms with Crippen molar-refractivity contribution in [3.63, 3.8) is 0 Å². The highest BCUT2D eigenvalue weighted by molar-refractivity contribution is 5.47. The summed E-state index contributed by atoms with van der Waals surface area (Å²) in [7, 11) is 1.17. The maximum Gasteiger partial charge on any atom is 0.417 e. The van der Waals surface area contributed by atoms with E-state index in [1.54, 1.807) is 0 Å². The molecule has 1 rings (SSSR count). The Labute approximate surface area is 84.1 Å². The molecule has 3 nitrogen and oxygen atoms in total. The van der Waals surface area contributed by atoms with Gasteiger partial charge in [0.2, 0.25) is 5.88 Å². The molecular formula is C9H7F3N2O. The number of aromatic nitrogens is 1. The Kier molecular flexibility index (Phi) is 2.84. The molecule has 1 aromatic rings. The van der Waals surface area contributed by atoms with E-state index < -0.39 is 17.3 Å². The van der Waals surface area contributed by atoms with Crippen molar-refractivity contribution < 1.29 is 17.9 Å². The second-order valence-corrected chi connectivity index (χ2v) is 2.81. The van der Waals surface area contributed by atoms with Gasteiger partial charge in [0.1, 0.15) is 11.6 Å². The van der Waals surface area contributed by atoms with Gasteiger partial charge in [0.15, 0.2) is 0 Å². The van der Waals surface area contributed by atoms with Gasteiger partial charge in [0, 0.05) is 5.69 Å². The van der Waals surface area contributed by atoms with Crippen LogP contribution in [0.4, 0.5) is 13.2 Å². The number of aryl methyl sites for hydroxylation is 1. The van der Waals surface area contributed by atoms with E-state index in [4.69, 9.17) is 5.26 Å². The number of hydrogen-bond acceptors (Lipinski definition) is 3. The first kappa shape index (κ1) is 11.3. The number of alkyl halides is 3. The number of pyridine rings is 1. The molecule has 0 N–H and O–H groups in total. The minimum absolute atomic E-state index is 0.151. The Morgan fingerprint density at radius 1 is 1.47 bits per heavy atom. The monoisotopic (exact) mass is 216 g/mol. The summed E-state index contributed by atoms with van der Waals surface area (Å²) in [6, 6.07) is 2.26. The number of nitrogens with zero attached hydrogens (tertiary/aromatic N) is 2. The van der Waals surface area contributed by atoms with Crippen molar-refractivity contribution in [1.29, 1.82) is 5.26 Å². The van der Waals surface area contributed by atoms with Crippen LogP contribution in [0.15, 0.2) is 6.07 Å². The van der Waals surface area contributed by atoms with Crippen LogP contribution in [-0.4, -0.2) is 12.1 Å². The molecule has 0 aliphatic carbocycles. The predicted molar refractivity (Wildman–Crippen MR) is 45.2 cm³/mol. The van der Waals surface area contributed by atoms with Crippen LogP contribution in [0.2, 0.25) is 0 Å². The van der Waals surface area contributed by atoms with Crippen LogP contribution in [0.25, 0.3) is 0 Å². The van der Waals surface area contributed by atoms with Crippen molar-refractivity contribution in [3.8, 4) is 11.9 Å². The second kappa shape index (κ2) is 3.77. The molecule has 1 aromatic heterocycles. The highest BCUT2D eigenvalue weighted by Crippen LogP contribution is 2.35. The summed E-state index contributed by atoms with van der Waals surface area (Å²) in [5.41, 5.74) is -1.46. The van der Waals surface area contributed by atoms with Gasteiger partial charge in [-0.05, 0) is 13.0 Å². The number of hydrogen-bond donors (Lipinski definition) is 0. The molecule has 0 radical (unpaired) electrons. The molecule has 0 saturated heterocycles. The Bertz CT molecular complexity index is 421. The SMILES string of the molecule is COc1nc(C)cc(C(F)(F)F)c1C#N. The lowest BCUT2D eigenvalue weighted by molar-refractivity contribution is -0.138. The number of rotatable bonds is 1. The minimum atomic E-state index is -4.58. The maximum atomic E-state index is 12.5. The summed E-state index contributed by atoms with van der Waals surface area (Å²) < 4.78 is 42.1. The van der Waals surface area contributed by atoms with Gasteiger partial charge in [0.25, 0.3) is 0 Å². The molecule has 6 heteroatoms. The van der Waals surface area contributed by atoms with E-state index in [0.29, 0.717) is 0 Å². The fourth-order valence-electron chi connectivity index (χ4n) is 1.12. The van der Waals surface area contributed by atoms with Gasteiger partial charge >= 0.3 is 6.18 Å². The van der Waals surface area contributed by atoms with Gasteiger partial charge in [-0.3, -0.25) is 0 Å². The third kappa shape index (κ3) is 2.18. The molecule has 0 aromatic carbocycles. The normalized spacial score (nSPS) is 10.9. The van der Waals surface area contributed by atoms with E-state index in [1.807, 2.05) is 0 Å². The minimum Gasteiger partial charge on any atom is -0.480 e. The van der Waals surface area contributed by atoms with Crippen LogP contribution >= 0.6 is 0 Å². The van der Waals surface area contributed by atoms with Crippen molar-refractivity contribution in [1.82, 2.24) is 4.98 Å². The van der Waals surface area contributed by atoms with E-state index in [1.165, 1.54) is 20.1 Å². The third-order valence-corrected chi connectivity index (χ3v) is 1.72. The number of ether oxygens (including phenoxy) is 1. The topological polar surface area (TPSA) is 45.9 Å². The maximum absolute atomic E-state index is 12.5. The molecule has 0 amide bonds. The Balaban J connectivity index is 3.51. The van der Waals surface area contributed by atoms with Gasteiger partial charge in [-0.1, -0.05) is 0 Å². The van der Waals surface area contributed by atoms with Crippen molar-refractivity contribution in [2.24, 2.45) is 0 Å². The highest BCUT2D eigenvalue weighted by atomic mass is 19.4. The number of nitriles is 1. The van der Waals surface area contributed by atoms with Crippen molar-refractivity contribution >= 4 is 0 Å². The summed E-state index contributed by atoms with van der Waals surface area (Å²) >= 11 is 0. The van der Waals surface area contributed by atoms with Gasteiger partial charge < -0.3 is 4.74 Å². The van der Waals surface area contributed by atoms with Gasteiger partial charge in [-0.15, -0.1) is 0 Å². The van der Waals surface area contributed by atoms with Gasteiger partial charge in [0.05, 0.1) is 12.7 Å². The lowest BCUT2D eigenvalue weighted by atomic mass is 10.1. The van der Waals surface area contributed by atoms with Crippen LogP contribution in [0.1, 0.15) is 16.8 Å². The van der Waals surface area contributed by atoms with E-state index >= 15 is 0 Å². The summed E-state index contributed by atoms with van der Waals surface area (Å²) in [4.78, 5) is 3.69. The Hall–Kier alpha value is -1.77. The molecular weight excluding hydrogens is 209 g/mol. The van der Waals surface area contributed by atoms with Crippen molar-refractivity contribution in [3.05, 3.63) is 22.9 Å². The van der Waals surface area contributed by atoms with E-state index in [0.717, 1.165) is 6.07 Å². The molecule has 0 atom stereocenters. The van der Waals surface area contributed by atoms with Crippen LogP contribution < -0.4 is 4.74 Å². The zero-order chi connectivity index (χ0) is 11.6. The van der Waals surface area contributed by atoms with Gasteiger partial charge in [-0.2, -0.15) is 18.4 Å². The van der Waals surface area contributed by atoms with Crippen molar-refractivity contribution in [2.75, 3.05) is 7.11 Å². The van der Waals surface area contributed by atoms with Crippen molar-refractivity contribution in [2.45, 2.75) is 13.1 Å². The highest BCUT2D eigenvalue weighted by Gasteiger charge is 2.35. The van der Waals surface area contributed by atoms with Crippen LogP contribution in [0.3, 0.4) is 0 Å². The molecule has 0 aliphatic heterocycles. The first-order valence-corrected chi connectivity index (χ1v) is 3.93. The first-order valence-electron chi connectivity index (χ1n) is 3.93. The molecule has 0 aliphatic rings. The first-order chi connectivity index (χ1) is 6.90. The number of halogens is 3. The zero-order valence-corrected chi connectivity index (χ0v) is 8.01. The largest absolute Gasteiger partial charge is 0.480 e. The molecule has 1 heterocycles. The Morgan fingerprint density at radius 2 is 2.07 bits per heavy atom. The van der Waals surface area contributed by atoms with Crippen LogP contribution in [0, 0.1) is 18.3 Å².